The van der Waals surface area contributed by atoms with Crippen molar-refractivity contribution in [1.82, 2.24) is 35.1 Å². The number of nitrogens with one attached hydrogen (secondary N) is 1. The van der Waals surface area contributed by atoms with Crippen molar-refractivity contribution < 1.29 is 90.1 Å². The SMILES string of the molecule is COCCOCCOCCOCCOCCOCCOCCOCCOCCOCCOCCNC(=O)c1ccc(-c2nccc(COc3ccc4cc3C[C@H](C(=O)O)Oc3ncnc5sc(-c6ccc(F)cc6)c(c35)-c3c(C)c(Cl)c(c(Cl)c3C)O[C@H](CN3CCN(C)CC3)CO4)n2)cc1. The minimum absolute atomic E-state index is 0.00508. The van der Waals surface area contributed by atoms with E-state index in [1.54, 1.807) is 74.0 Å². The Morgan fingerprint density at radius 3 is 1.75 bits per heavy atom. The maximum atomic E-state index is 14.5. The Balaban J connectivity index is 0.709. The summed E-state index contributed by atoms with van der Waals surface area (Å²) in [5, 5.41) is 14.9. The molecule has 1 amide bonds. The van der Waals surface area contributed by atoms with E-state index in [0.29, 0.717) is 240 Å². The number of amides is 1. The molecule has 6 heterocycles. The van der Waals surface area contributed by atoms with Gasteiger partial charge in [0.1, 0.15) is 47.8 Å². The lowest BCUT2D eigenvalue weighted by Crippen LogP contribution is -2.49. The number of piperazine rings is 1. The summed E-state index contributed by atoms with van der Waals surface area (Å²) in [5.41, 5.74) is 5.23. The maximum absolute atomic E-state index is 14.5. The number of nitrogens with zero attached hydrogens (tertiary/aromatic N) is 6. The summed E-state index contributed by atoms with van der Waals surface area (Å²) in [4.78, 5) is 50.9. The molecule has 0 radical (unpaired) electrons. The summed E-state index contributed by atoms with van der Waals surface area (Å²) < 4.78 is 101. The van der Waals surface area contributed by atoms with Gasteiger partial charge in [-0.05, 0) is 91.7 Å². The van der Waals surface area contributed by atoms with Gasteiger partial charge in [0.2, 0.25) is 12.0 Å². The van der Waals surface area contributed by atoms with E-state index in [2.05, 4.69) is 37.1 Å². The number of methoxy groups -OCH3 is 1. The number of benzene rings is 4. The Labute approximate surface area is 601 Å². The van der Waals surface area contributed by atoms with Crippen molar-refractivity contribution in [3.8, 4) is 56.1 Å². The van der Waals surface area contributed by atoms with E-state index in [4.69, 9.17) is 99.2 Å². The number of carboxylic acids is 1. The lowest BCUT2D eigenvalue weighted by Gasteiger charge is -2.35. The molecule has 3 aliphatic rings. The van der Waals surface area contributed by atoms with Gasteiger partial charge in [-0.2, -0.15) is 0 Å². The third kappa shape index (κ3) is 24.7. The zero-order valence-corrected chi connectivity index (χ0v) is 59.9. The topological polar surface area (TPSA) is 263 Å². The fraction of sp³-hybridized carbons (Fsp3) is 0.500. The van der Waals surface area contributed by atoms with Crippen LogP contribution in [0.1, 0.15) is 32.7 Å². The summed E-state index contributed by atoms with van der Waals surface area (Å²) in [6.45, 7) is 17.6. The van der Waals surface area contributed by atoms with Crippen molar-refractivity contribution in [2.45, 2.75) is 39.1 Å². The van der Waals surface area contributed by atoms with Crippen LogP contribution in [0.4, 0.5) is 4.39 Å². The molecule has 0 spiro atoms. The van der Waals surface area contributed by atoms with Gasteiger partial charge >= 0.3 is 5.97 Å². The van der Waals surface area contributed by atoms with Crippen LogP contribution in [-0.4, -0.2) is 258 Å². The molecule has 2 N–H and O–H groups in total. The van der Waals surface area contributed by atoms with Gasteiger partial charge in [0, 0.05) is 86.1 Å². The molecule has 10 rings (SSSR count). The first-order valence-corrected chi connectivity index (χ1v) is 35.3. The predicted octanol–water partition coefficient (Wildman–Crippen LogP) is 9.13. The Morgan fingerprint density at radius 2 is 1.20 bits per heavy atom. The van der Waals surface area contributed by atoms with E-state index in [9.17, 15) is 19.1 Å². The normalized spacial score (nSPS) is 15.1. The van der Waals surface area contributed by atoms with Gasteiger partial charge in [-0.15, -0.1) is 11.3 Å². The highest BCUT2D eigenvalue weighted by Gasteiger charge is 2.32. The van der Waals surface area contributed by atoms with Gasteiger partial charge in [0.05, 0.1) is 160 Å². The molecule has 29 heteroatoms. The number of aromatic nitrogens is 4. The predicted molar refractivity (Wildman–Crippen MR) is 378 cm³/mol. The number of carboxylic acid groups (broad SMARTS) is 1. The van der Waals surface area contributed by atoms with Crippen molar-refractivity contribution in [2.24, 2.45) is 0 Å². The third-order valence-electron chi connectivity index (χ3n) is 16.2. The molecule has 25 nitrogen and oxygen atoms in total. The first kappa shape index (κ1) is 78.3. The number of hydrogen-bond donors (Lipinski definition) is 2. The van der Waals surface area contributed by atoms with Crippen molar-refractivity contribution in [1.29, 1.82) is 0 Å². The van der Waals surface area contributed by atoms with E-state index in [1.165, 1.54) is 29.8 Å². The molecule has 4 bridgehead atoms. The van der Waals surface area contributed by atoms with Gasteiger partial charge < -0.3 is 86.4 Å². The molecular weight excluding hydrogens is 1370 g/mol. The van der Waals surface area contributed by atoms with Crippen LogP contribution in [0.5, 0.6) is 23.1 Å². The van der Waals surface area contributed by atoms with E-state index in [0.717, 1.165) is 26.2 Å². The number of rotatable bonds is 42. The molecule has 0 saturated carbocycles. The minimum atomic E-state index is -1.52. The first-order chi connectivity index (χ1) is 49.3. The number of ether oxygens (including phenoxy) is 15. The Bertz CT molecular complexity index is 3640. The third-order valence-corrected chi connectivity index (χ3v) is 18.2. The highest BCUT2D eigenvalue weighted by molar-refractivity contribution is 7.22. The highest BCUT2D eigenvalue weighted by atomic mass is 35.5. The van der Waals surface area contributed by atoms with Gasteiger partial charge in [-0.25, -0.2) is 29.1 Å². The highest BCUT2D eigenvalue weighted by Crippen LogP contribution is 2.53. The number of carbonyl (C=O) groups excluding carboxylic acids is 1. The first-order valence-electron chi connectivity index (χ1n) is 33.7. The fourth-order valence-corrected chi connectivity index (χ4v) is 12.5. The second-order valence-electron chi connectivity index (χ2n) is 23.4. The molecule has 101 heavy (non-hydrogen) atoms. The van der Waals surface area contributed by atoms with Crippen LogP contribution in [0.3, 0.4) is 0 Å². The van der Waals surface area contributed by atoms with Crippen LogP contribution in [0.2, 0.25) is 10.0 Å². The second-order valence-corrected chi connectivity index (χ2v) is 25.2. The maximum Gasteiger partial charge on any atom is 0.345 e. The average molecular weight is 1460 g/mol. The van der Waals surface area contributed by atoms with Crippen molar-refractivity contribution in [2.75, 3.05) is 199 Å². The standard InChI is InChI=1S/C72H90Cl2FN7O18S/c1-49-61-50(2)65(74)66(64(49)73)99-58(45-82-20-18-81(3)19-21-82)47-97-57-13-14-59(54(43-57)44-60(72(84)85)100-70-63-62(61)67(101-71(63)79-48-78-70)51-9-11-55(75)12-10-51)98-46-56-15-16-76-68(80-56)52-5-7-53(8-6-52)69(83)77-17-22-87-25-26-89-29-30-91-33-34-93-37-38-95-41-42-96-40-39-94-36-35-92-32-31-90-28-27-88-24-23-86-4/h5-16,43,48,58,60H,17-42,44-47H2,1-4H3,(H,77,83)(H,84,85)/t58-,60-/m1/s1. The summed E-state index contributed by atoms with van der Waals surface area (Å²) in [7, 11) is 3.73. The minimum Gasteiger partial charge on any atom is -0.490 e. The molecule has 4 aromatic carbocycles. The Morgan fingerprint density at radius 1 is 0.653 bits per heavy atom. The lowest BCUT2D eigenvalue weighted by molar-refractivity contribution is -0.145. The van der Waals surface area contributed by atoms with Crippen LogP contribution >= 0.6 is 34.5 Å². The summed E-state index contributed by atoms with van der Waals surface area (Å²) >= 11 is 16.1. The number of aliphatic carboxylic acids is 1. The van der Waals surface area contributed by atoms with Gasteiger partial charge in [0.25, 0.3) is 5.91 Å². The van der Waals surface area contributed by atoms with Crippen LogP contribution in [0.15, 0.2) is 85.3 Å². The Kier molecular flexibility index (Phi) is 33.1. The van der Waals surface area contributed by atoms with Crippen molar-refractivity contribution in [3.63, 3.8) is 0 Å². The fourth-order valence-electron chi connectivity index (χ4n) is 10.8. The number of hydrogen-bond acceptors (Lipinski definition) is 24. The smallest absolute Gasteiger partial charge is 0.345 e. The molecule has 1 fully saturated rings. The molecule has 1 saturated heterocycles. The summed E-state index contributed by atoms with van der Waals surface area (Å²) in [6.07, 6.45) is 0.637. The number of halogens is 3. The largest absolute Gasteiger partial charge is 0.490 e. The number of thiophene rings is 1. The van der Waals surface area contributed by atoms with E-state index in [-0.39, 0.29) is 41.5 Å². The van der Waals surface area contributed by atoms with Crippen LogP contribution < -0.4 is 24.3 Å². The lowest BCUT2D eigenvalue weighted by atomic mass is 9.92. The van der Waals surface area contributed by atoms with E-state index < -0.39 is 24.0 Å². The summed E-state index contributed by atoms with van der Waals surface area (Å²) in [5.74, 6) is -0.511. The molecule has 3 aromatic heterocycles. The van der Waals surface area contributed by atoms with Gasteiger partial charge in [0.15, 0.2) is 11.6 Å². The monoisotopic (exact) mass is 1460 g/mol. The molecule has 3 aliphatic heterocycles. The number of carbonyl (C=O) groups is 2. The number of fused-ring (bicyclic) bond motifs is 7. The van der Waals surface area contributed by atoms with Gasteiger partial charge in [-0.1, -0.05) is 47.5 Å². The molecular formula is C72H90Cl2FN7O18S. The van der Waals surface area contributed by atoms with E-state index >= 15 is 0 Å². The molecule has 548 valence electrons. The van der Waals surface area contributed by atoms with E-state index in [1.807, 2.05) is 13.8 Å². The van der Waals surface area contributed by atoms with Crippen LogP contribution in [0, 0.1) is 19.7 Å². The summed E-state index contributed by atoms with van der Waals surface area (Å²) in [6, 6.07) is 19.9. The van der Waals surface area contributed by atoms with Crippen molar-refractivity contribution in [3.05, 3.63) is 129 Å². The molecule has 0 aliphatic carbocycles. The molecule has 7 aromatic rings. The van der Waals surface area contributed by atoms with Crippen molar-refractivity contribution >= 4 is 56.6 Å². The zero-order valence-electron chi connectivity index (χ0n) is 57.6. The Hall–Kier alpha value is -6.87. The zero-order chi connectivity index (χ0) is 71.0. The average Bonchev–Trinajstić information content (AvgIpc) is 1.64. The molecule has 0 unspecified atom stereocenters. The van der Waals surface area contributed by atoms with Gasteiger partial charge in [-0.3, -0.25) is 9.69 Å². The van der Waals surface area contributed by atoms with Crippen LogP contribution in [-0.2, 0) is 69.9 Å². The van der Waals surface area contributed by atoms with Crippen LogP contribution in [0.25, 0.3) is 43.2 Å². The quantitative estimate of drug-likeness (QED) is 0.0338. The number of likely N-dealkylation sites (N-methyl/N-ethyl adjacent to an activating group) is 1. The molecule has 2 atom stereocenters. The second kappa shape index (κ2) is 42.7.